The molecule has 2 N–H and O–H groups in total. The Balaban J connectivity index is 2.21. The number of benzene rings is 2. The van der Waals surface area contributed by atoms with Gasteiger partial charge in [0.05, 0.1) is 22.3 Å². The van der Waals surface area contributed by atoms with Gasteiger partial charge in [-0.05, 0) is 24.3 Å². The molecule has 0 atom stereocenters. The number of amides is 4. The van der Waals surface area contributed by atoms with Gasteiger partial charge in [0, 0.05) is 11.1 Å². The van der Waals surface area contributed by atoms with Gasteiger partial charge in [-0.1, -0.05) is 12.1 Å². The first-order chi connectivity index (χ1) is 12.3. The SMILES string of the molecule is O=C1c2ccc3c(c2)C(=O)N(O)C(=O)c2cc1ccc2C(=O)N(O)C3=O. The van der Waals surface area contributed by atoms with Crippen LogP contribution in [0.25, 0.3) is 0 Å². The summed E-state index contributed by atoms with van der Waals surface area (Å²) in [7, 11) is 0. The monoisotopic (exact) mass is 352 g/mol. The summed E-state index contributed by atoms with van der Waals surface area (Å²) < 4.78 is 0. The third-order valence-corrected chi connectivity index (χ3v) is 4.25. The second-order valence-electron chi connectivity index (χ2n) is 5.69. The zero-order valence-corrected chi connectivity index (χ0v) is 12.8. The summed E-state index contributed by atoms with van der Waals surface area (Å²) in [5, 5.41) is 19.6. The van der Waals surface area contributed by atoms with E-state index in [-0.39, 0.29) is 21.3 Å². The topological polar surface area (TPSA) is 132 Å². The predicted molar refractivity (Wildman–Crippen MR) is 80.9 cm³/mol. The number of hydroxylamine groups is 4. The van der Waals surface area contributed by atoms with Gasteiger partial charge >= 0.3 is 0 Å². The molecule has 0 radical (unpaired) electrons. The van der Waals surface area contributed by atoms with E-state index >= 15 is 0 Å². The van der Waals surface area contributed by atoms with Crippen molar-refractivity contribution in [2.24, 2.45) is 0 Å². The van der Waals surface area contributed by atoms with Gasteiger partial charge in [-0.25, -0.2) is 0 Å². The number of imide groups is 2. The van der Waals surface area contributed by atoms with Crippen molar-refractivity contribution in [1.82, 2.24) is 10.1 Å². The second kappa shape index (κ2) is 5.15. The maximum Gasteiger partial charge on any atom is 0.285 e. The molecule has 2 aliphatic heterocycles. The Morgan fingerprint density at radius 2 is 0.885 bits per heavy atom. The van der Waals surface area contributed by atoms with Crippen LogP contribution in [0.4, 0.5) is 0 Å². The second-order valence-corrected chi connectivity index (χ2v) is 5.69. The molecule has 0 saturated heterocycles. The molecule has 2 heterocycles. The molecular weight excluding hydrogens is 344 g/mol. The molecule has 26 heavy (non-hydrogen) atoms. The lowest BCUT2D eigenvalue weighted by Crippen LogP contribution is -2.42. The number of hydrogen-bond donors (Lipinski definition) is 2. The number of nitrogens with zero attached hydrogens (tertiary/aromatic N) is 2. The molecule has 0 spiro atoms. The van der Waals surface area contributed by atoms with E-state index in [0.717, 1.165) is 24.3 Å². The van der Waals surface area contributed by atoms with Gasteiger partial charge in [0.25, 0.3) is 23.6 Å². The Morgan fingerprint density at radius 1 is 0.538 bits per heavy atom. The van der Waals surface area contributed by atoms with E-state index in [1.165, 1.54) is 12.1 Å². The number of carbonyl (C=O) groups is 5. The summed E-state index contributed by atoms with van der Waals surface area (Å²) in [5.74, 6) is -5.56. The fraction of sp³-hybridized carbons (Fsp3) is 0. The van der Waals surface area contributed by atoms with Gasteiger partial charge in [-0.15, -0.1) is 10.1 Å². The Labute approximate surface area is 144 Å². The van der Waals surface area contributed by atoms with Crippen molar-refractivity contribution in [3.63, 3.8) is 0 Å². The molecular formula is C17H8N2O7. The molecule has 0 unspecified atom stereocenters. The number of hydrogen-bond acceptors (Lipinski definition) is 7. The first kappa shape index (κ1) is 15.8. The van der Waals surface area contributed by atoms with Gasteiger partial charge in [0.1, 0.15) is 0 Å². The first-order valence-corrected chi connectivity index (χ1v) is 7.29. The quantitative estimate of drug-likeness (QED) is 0.531. The highest BCUT2D eigenvalue weighted by Crippen LogP contribution is 2.26. The van der Waals surface area contributed by atoms with Crippen LogP contribution >= 0.6 is 0 Å². The van der Waals surface area contributed by atoms with Crippen LogP contribution in [0.15, 0.2) is 36.4 Å². The summed E-state index contributed by atoms with van der Waals surface area (Å²) in [4.78, 5) is 62.5. The Hall–Kier alpha value is -3.69. The van der Waals surface area contributed by atoms with Crippen molar-refractivity contribution < 1.29 is 34.4 Å². The normalized spacial score (nSPS) is 16.3. The van der Waals surface area contributed by atoms with E-state index in [1.807, 2.05) is 0 Å². The molecule has 2 aromatic rings. The number of carbonyl (C=O) groups excluding carboxylic acids is 5. The van der Waals surface area contributed by atoms with Crippen molar-refractivity contribution in [3.8, 4) is 0 Å². The van der Waals surface area contributed by atoms with Crippen LogP contribution in [0, 0.1) is 0 Å². The Kier molecular flexibility index (Phi) is 3.13. The predicted octanol–water partition coefficient (Wildman–Crippen LogP) is 0.888. The third-order valence-electron chi connectivity index (χ3n) is 4.25. The molecule has 2 aliphatic rings. The fourth-order valence-electron chi connectivity index (χ4n) is 2.91. The Morgan fingerprint density at radius 3 is 1.27 bits per heavy atom. The van der Waals surface area contributed by atoms with Crippen LogP contribution in [0.3, 0.4) is 0 Å². The van der Waals surface area contributed by atoms with Crippen LogP contribution in [0.5, 0.6) is 0 Å². The largest absolute Gasteiger partial charge is 0.289 e. The number of ketones is 1. The zero-order valence-electron chi connectivity index (χ0n) is 12.8. The van der Waals surface area contributed by atoms with Crippen LogP contribution in [0.1, 0.15) is 57.4 Å². The maximum absolute atomic E-state index is 12.6. The summed E-state index contributed by atoms with van der Waals surface area (Å²) in [6.45, 7) is 0. The average molecular weight is 352 g/mol. The van der Waals surface area contributed by atoms with Crippen molar-refractivity contribution in [2.45, 2.75) is 0 Å². The molecule has 0 aromatic heterocycles. The highest BCUT2D eigenvalue weighted by molar-refractivity contribution is 6.23. The average Bonchev–Trinajstić information content (AvgIpc) is 2.67. The van der Waals surface area contributed by atoms with Crippen molar-refractivity contribution >= 4 is 29.4 Å². The van der Waals surface area contributed by atoms with Crippen LogP contribution in [-0.2, 0) is 0 Å². The minimum absolute atomic E-state index is 0.0303. The number of rotatable bonds is 0. The van der Waals surface area contributed by atoms with Crippen molar-refractivity contribution in [3.05, 3.63) is 69.8 Å². The summed E-state index contributed by atoms with van der Waals surface area (Å²) in [6, 6.07) is 6.65. The standard InChI is InChI=1S/C17H8N2O7/c20-13-7-1-3-9-11(5-7)16(23)19(26)17(24)12-6-8(13)2-4-10(12)15(22)18(25)14(9)21/h1-6,25-26H. The minimum Gasteiger partial charge on any atom is -0.289 e. The molecule has 0 saturated carbocycles. The van der Waals surface area contributed by atoms with Crippen LogP contribution < -0.4 is 0 Å². The van der Waals surface area contributed by atoms with Gasteiger partial charge in [-0.2, -0.15) is 0 Å². The molecule has 4 amide bonds. The molecule has 9 heteroatoms. The van der Waals surface area contributed by atoms with Gasteiger partial charge in [0.2, 0.25) is 0 Å². The lowest BCUT2D eigenvalue weighted by atomic mass is 9.92. The van der Waals surface area contributed by atoms with E-state index in [1.54, 1.807) is 0 Å². The highest BCUT2D eigenvalue weighted by Gasteiger charge is 2.37. The minimum atomic E-state index is -1.27. The van der Waals surface area contributed by atoms with Gasteiger partial charge in [0.15, 0.2) is 5.78 Å². The van der Waals surface area contributed by atoms with E-state index in [4.69, 9.17) is 0 Å². The van der Waals surface area contributed by atoms with E-state index < -0.39 is 51.7 Å². The fourth-order valence-corrected chi connectivity index (χ4v) is 2.91. The first-order valence-electron chi connectivity index (χ1n) is 7.29. The van der Waals surface area contributed by atoms with Crippen molar-refractivity contribution in [1.29, 1.82) is 0 Å². The smallest absolute Gasteiger partial charge is 0.285 e. The number of fused-ring (bicyclic) bond motifs is 4. The molecule has 9 nitrogen and oxygen atoms in total. The third kappa shape index (κ3) is 1.95. The summed E-state index contributed by atoms with van der Waals surface area (Å²) in [5.41, 5.74) is -1.85. The Bertz CT molecular complexity index is 991. The molecule has 2 aromatic carbocycles. The van der Waals surface area contributed by atoms with Crippen LogP contribution in [0.2, 0.25) is 0 Å². The molecule has 4 rings (SSSR count). The maximum atomic E-state index is 12.6. The van der Waals surface area contributed by atoms with E-state index in [0.29, 0.717) is 0 Å². The summed E-state index contributed by atoms with van der Waals surface area (Å²) in [6.07, 6.45) is 0. The van der Waals surface area contributed by atoms with Crippen LogP contribution in [-0.4, -0.2) is 50.0 Å². The lowest BCUT2D eigenvalue weighted by Gasteiger charge is -2.23. The zero-order chi connectivity index (χ0) is 18.7. The highest BCUT2D eigenvalue weighted by atomic mass is 16.5. The molecule has 4 bridgehead atoms. The molecule has 0 fully saturated rings. The summed E-state index contributed by atoms with van der Waals surface area (Å²) >= 11 is 0. The van der Waals surface area contributed by atoms with Crippen molar-refractivity contribution in [2.75, 3.05) is 0 Å². The van der Waals surface area contributed by atoms with E-state index in [9.17, 15) is 34.4 Å². The van der Waals surface area contributed by atoms with E-state index in [2.05, 4.69) is 0 Å². The molecule has 0 aliphatic carbocycles. The lowest BCUT2D eigenvalue weighted by molar-refractivity contribution is -0.0418. The molecule has 128 valence electrons. The van der Waals surface area contributed by atoms with Gasteiger partial charge < -0.3 is 0 Å². The van der Waals surface area contributed by atoms with Gasteiger partial charge in [-0.3, -0.25) is 34.4 Å².